The van der Waals surface area contributed by atoms with E-state index in [4.69, 9.17) is 0 Å². The predicted molar refractivity (Wildman–Crippen MR) is 296 cm³/mol. The molecule has 13 aromatic carbocycles. The lowest BCUT2D eigenvalue weighted by molar-refractivity contribution is 1.28. The molecule has 0 amide bonds. The maximum atomic E-state index is 2.42. The Kier molecular flexibility index (Phi) is 9.91. The van der Waals surface area contributed by atoms with E-state index in [9.17, 15) is 0 Å². The third-order valence-corrected chi connectivity index (χ3v) is 14.0. The average molecular weight is 876 g/mol. The van der Waals surface area contributed by atoms with Gasteiger partial charge in [0.2, 0.25) is 0 Å². The molecule has 322 valence electrons. The van der Waals surface area contributed by atoms with Crippen molar-refractivity contribution in [3.63, 3.8) is 0 Å². The second-order valence-electron chi connectivity index (χ2n) is 18.0. The highest BCUT2D eigenvalue weighted by molar-refractivity contribution is 6.22. The molecular weight excluding hydrogens is 831 g/mol. The van der Waals surface area contributed by atoms with E-state index in [1.54, 1.807) is 0 Å². The Labute approximate surface area is 402 Å². The molecule has 0 spiro atoms. The molecule has 0 heterocycles. The summed E-state index contributed by atoms with van der Waals surface area (Å²) in [4.78, 5) is 2.41. The first-order valence-corrected chi connectivity index (χ1v) is 23.8. The van der Waals surface area contributed by atoms with Crippen LogP contribution >= 0.6 is 0 Å². The average Bonchev–Trinajstić information content (AvgIpc) is 3.43. The van der Waals surface area contributed by atoms with Crippen LogP contribution in [0.25, 0.3) is 109 Å². The third-order valence-electron chi connectivity index (χ3n) is 14.0. The SMILES string of the molecule is c1ccc(-c2c(-c3ccccc3)c3cc(-c4cccc(N(c5ccc(-c6cccc7c6ccc6ccccc67)cc5)c5cccc(-c6ccc7ccccc7c6)c5)c4)ccc3c3ccccc23)cc1. The van der Waals surface area contributed by atoms with E-state index >= 15 is 0 Å². The van der Waals surface area contributed by atoms with Crippen LogP contribution in [0.1, 0.15) is 0 Å². The van der Waals surface area contributed by atoms with Crippen LogP contribution in [0, 0.1) is 0 Å². The van der Waals surface area contributed by atoms with Crippen LogP contribution in [0.15, 0.2) is 273 Å². The highest BCUT2D eigenvalue weighted by atomic mass is 15.1. The number of rotatable bonds is 8. The molecule has 13 aromatic rings. The molecule has 0 unspecified atom stereocenters. The Balaban J connectivity index is 0.973. The van der Waals surface area contributed by atoms with Gasteiger partial charge < -0.3 is 4.90 Å². The van der Waals surface area contributed by atoms with Crippen molar-refractivity contribution in [3.05, 3.63) is 273 Å². The fourth-order valence-electron chi connectivity index (χ4n) is 10.7. The van der Waals surface area contributed by atoms with Crippen LogP contribution < -0.4 is 4.90 Å². The van der Waals surface area contributed by atoms with Crippen LogP contribution in [0.3, 0.4) is 0 Å². The van der Waals surface area contributed by atoms with Gasteiger partial charge in [-0.3, -0.25) is 0 Å². The standard InChI is InChI=1S/C68H45N/c1-3-18-49(19-4-1)67-65-29-12-11-28-62(65)64-41-37-55(45-66(64)68(67)50-20-5-2-6-21-50)53-24-14-26-58(44-53)69(57-25-13-23-52(43-57)54-33-32-46-16-7-8-22-51(46)42-54)56-38-34-48(35-39-56)60-30-15-31-61-59-27-10-9-17-47(59)36-40-63(60)61/h1-45H. The van der Waals surface area contributed by atoms with E-state index in [0.29, 0.717) is 0 Å². The molecule has 0 atom stereocenters. The summed E-state index contributed by atoms with van der Waals surface area (Å²) in [7, 11) is 0. The quantitative estimate of drug-likeness (QED) is 0.138. The molecule has 0 aliphatic rings. The first-order chi connectivity index (χ1) is 34.2. The fraction of sp³-hybridized carbons (Fsp3) is 0. The molecule has 1 nitrogen and oxygen atoms in total. The van der Waals surface area contributed by atoms with Crippen molar-refractivity contribution in [3.8, 4) is 55.6 Å². The van der Waals surface area contributed by atoms with Gasteiger partial charge in [0, 0.05) is 17.1 Å². The van der Waals surface area contributed by atoms with E-state index in [2.05, 4.69) is 278 Å². The minimum atomic E-state index is 1.08. The summed E-state index contributed by atoms with van der Waals surface area (Å²) < 4.78 is 0. The van der Waals surface area contributed by atoms with Crippen molar-refractivity contribution in [2.45, 2.75) is 0 Å². The second-order valence-corrected chi connectivity index (χ2v) is 18.0. The molecule has 13 rings (SSSR count). The number of hydrogen-bond donors (Lipinski definition) is 0. The van der Waals surface area contributed by atoms with Crippen molar-refractivity contribution < 1.29 is 0 Å². The smallest absolute Gasteiger partial charge is 0.0467 e. The van der Waals surface area contributed by atoms with Crippen molar-refractivity contribution in [2.75, 3.05) is 4.90 Å². The van der Waals surface area contributed by atoms with Gasteiger partial charge in [0.15, 0.2) is 0 Å². The first kappa shape index (κ1) is 40.3. The summed E-state index contributed by atoms with van der Waals surface area (Å²) in [6.07, 6.45) is 0. The zero-order chi connectivity index (χ0) is 45.7. The highest BCUT2D eigenvalue weighted by Gasteiger charge is 2.20. The maximum Gasteiger partial charge on any atom is 0.0467 e. The van der Waals surface area contributed by atoms with E-state index in [0.717, 1.165) is 22.6 Å². The number of hydrogen-bond acceptors (Lipinski definition) is 1. The van der Waals surface area contributed by atoms with E-state index in [1.807, 2.05) is 0 Å². The highest BCUT2D eigenvalue weighted by Crippen LogP contribution is 2.46. The summed E-state index contributed by atoms with van der Waals surface area (Å²) in [6.45, 7) is 0. The Morgan fingerprint density at radius 3 is 1.35 bits per heavy atom. The van der Waals surface area contributed by atoms with Gasteiger partial charge in [-0.25, -0.2) is 0 Å². The van der Waals surface area contributed by atoms with Gasteiger partial charge in [-0.05, 0) is 158 Å². The Morgan fingerprint density at radius 1 is 0.188 bits per heavy atom. The number of benzene rings is 13. The maximum absolute atomic E-state index is 2.42. The van der Waals surface area contributed by atoms with Crippen LogP contribution in [0.4, 0.5) is 17.1 Å². The topological polar surface area (TPSA) is 3.24 Å². The summed E-state index contributed by atoms with van der Waals surface area (Å²) in [5.74, 6) is 0. The van der Waals surface area contributed by atoms with Crippen LogP contribution in [-0.2, 0) is 0 Å². The molecular formula is C68H45N. The zero-order valence-corrected chi connectivity index (χ0v) is 37.9. The lowest BCUT2D eigenvalue weighted by Crippen LogP contribution is -2.10. The molecule has 0 saturated carbocycles. The fourth-order valence-corrected chi connectivity index (χ4v) is 10.7. The Morgan fingerprint density at radius 2 is 0.638 bits per heavy atom. The molecule has 0 N–H and O–H groups in total. The van der Waals surface area contributed by atoms with Crippen LogP contribution in [0.5, 0.6) is 0 Å². The van der Waals surface area contributed by atoms with E-state index < -0.39 is 0 Å². The monoisotopic (exact) mass is 875 g/mol. The number of nitrogens with zero attached hydrogens (tertiary/aromatic N) is 1. The number of anilines is 3. The Hall–Kier alpha value is -9.04. The normalized spacial score (nSPS) is 11.5. The largest absolute Gasteiger partial charge is 0.310 e. The van der Waals surface area contributed by atoms with Gasteiger partial charge in [0.05, 0.1) is 0 Å². The van der Waals surface area contributed by atoms with Crippen molar-refractivity contribution in [1.29, 1.82) is 0 Å². The van der Waals surface area contributed by atoms with E-state index in [1.165, 1.54) is 104 Å². The van der Waals surface area contributed by atoms with Gasteiger partial charge in [0.25, 0.3) is 0 Å². The van der Waals surface area contributed by atoms with Gasteiger partial charge in [-0.1, -0.05) is 224 Å². The molecule has 0 aromatic heterocycles. The van der Waals surface area contributed by atoms with Crippen LogP contribution in [-0.4, -0.2) is 0 Å². The molecule has 0 aliphatic heterocycles. The van der Waals surface area contributed by atoms with Crippen molar-refractivity contribution in [2.24, 2.45) is 0 Å². The van der Waals surface area contributed by atoms with Gasteiger partial charge >= 0.3 is 0 Å². The molecule has 0 bridgehead atoms. The lowest BCUT2D eigenvalue weighted by Gasteiger charge is -2.27. The molecule has 0 radical (unpaired) electrons. The molecule has 0 fully saturated rings. The van der Waals surface area contributed by atoms with Crippen LogP contribution in [0.2, 0.25) is 0 Å². The minimum Gasteiger partial charge on any atom is -0.310 e. The summed E-state index contributed by atoms with van der Waals surface area (Å²) in [5.41, 5.74) is 15.3. The lowest BCUT2D eigenvalue weighted by atomic mass is 9.84. The summed E-state index contributed by atoms with van der Waals surface area (Å²) >= 11 is 0. The van der Waals surface area contributed by atoms with E-state index in [-0.39, 0.29) is 0 Å². The third kappa shape index (κ3) is 7.20. The summed E-state index contributed by atoms with van der Waals surface area (Å²) in [5, 5.41) is 12.5. The molecule has 0 aliphatic carbocycles. The number of fused-ring (bicyclic) bond motifs is 7. The predicted octanol–water partition coefficient (Wildman–Crippen LogP) is 19.3. The first-order valence-electron chi connectivity index (χ1n) is 23.8. The van der Waals surface area contributed by atoms with Crippen molar-refractivity contribution >= 4 is 70.9 Å². The molecule has 69 heavy (non-hydrogen) atoms. The van der Waals surface area contributed by atoms with Gasteiger partial charge in [-0.2, -0.15) is 0 Å². The van der Waals surface area contributed by atoms with Gasteiger partial charge in [0.1, 0.15) is 0 Å². The van der Waals surface area contributed by atoms with Gasteiger partial charge in [-0.15, -0.1) is 0 Å². The Bertz CT molecular complexity index is 4060. The minimum absolute atomic E-state index is 1.08. The zero-order valence-electron chi connectivity index (χ0n) is 37.9. The van der Waals surface area contributed by atoms with Crippen molar-refractivity contribution in [1.82, 2.24) is 0 Å². The molecule has 1 heteroatoms. The summed E-state index contributed by atoms with van der Waals surface area (Å²) in [6, 6.07) is 100. The second kappa shape index (κ2) is 17.0. The molecule has 0 saturated heterocycles.